The van der Waals surface area contributed by atoms with Gasteiger partial charge in [0.15, 0.2) is 0 Å². The van der Waals surface area contributed by atoms with E-state index in [1.54, 1.807) is 0 Å². The van der Waals surface area contributed by atoms with E-state index in [1.807, 2.05) is 6.08 Å². The number of rotatable bonds is 5. The van der Waals surface area contributed by atoms with Crippen LogP contribution in [0.2, 0.25) is 0 Å². The molecule has 0 radical (unpaired) electrons. The summed E-state index contributed by atoms with van der Waals surface area (Å²) in [6.07, 6.45) is 8.57. The van der Waals surface area contributed by atoms with E-state index in [9.17, 15) is 0 Å². The van der Waals surface area contributed by atoms with E-state index in [0.717, 1.165) is 30.8 Å². The Morgan fingerprint density at radius 2 is 2.14 bits per heavy atom. The van der Waals surface area contributed by atoms with Gasteiger partial charge in [0.25, 0.3) is 0 Å². The van der Waals surface area contributed by atoms with Crippen molar-refractivity contribution < 1.29 is 0 Å². The Balaban J connectivity index is 2.14. The second-order valence-corrected chi connectivity index (χ2v) is 4.89. The van der Waals surface area contributed by atoms with Crippen LogP contribution in [0.4, 0.5) is 0 Å². The van der Waals surface area contributed by atoms with Gasteiger partial charge in [-0.25, -0.2) is 0 Å². The van der Waals surface area contributed by atoms with Crippen molar-refractivity contribution in [2.45, 2.75) is 52.0 Å². The minimum Gasteiger partial charge on any atom is -0.314 e. The number of allylic oxidation sites excluding steroid dienone is 1. The van der Waals surface area contributed by atoms with Crippen LogP contribution in [0.25, 0.3) is 0 Å². The lowest BCUT2D eigenvalue weighted by molar-refractivity contribution is 0.228. The number of unbranched alkanes of at least 4 members (excludes halogenated alkanes) is 1. The summed E-state index contributed by atoms with van der Waals surface area (Å²) in [5, 5.41) is 3.68. The molecule has 0 aromatic heterocycles. The van der Waals surface area contributed by atoms with Crippen LogP contribution in [0.1, 0.15) is 46.0 Å². The predicted molar refractivity (Wildman–Crippen MR) is 63.4 cm³/mol. The van der Waals surface area contributed by atoms with E-state index < -0.39 is 0 Å². The first-order valence-electron chi connectivity index (χ1n) is 6.08. The summed E-state index contributed by atoms with van der Waals surface area (Å²) in [5.74, 6) is 1.80. The number of hydrogen-bond acceptors (Lipinski definition) is 1. The van der Waals surface area contributed by atoms with Gasteiger partial charge in [-0.1, -0.05) is 19.9 Å². The molecule has 1 fully saturated rings. The Hall–Kier alpha value is -0.300. The first-order chi connectivity index (χ1) is 6.74. The molecule has 0 spiro atoms. The van der Waals surface area contributed by atoms with E-state index in [4.69, 9.17) is 0 Å². The van der Waals surface area contributed by atoms with Crippen LogP contribution in [0.15, 0.2) is 12.7 Å². The lowest BCUT2D eigenvalue weighted by Gasteiger charge is -2.33. The zero-order chi connectivity index (χ0) is 10.4. The Labute approximate surface area is 89.0 Å². The van der Waals surface area contributed by atoms with Gasteiger partial charge in [0.05, 0.1) is 0 Å². The molecule has 0 aliphatic heterocycles. The van der Waals surface area contributed by atoms with E-state index in [0.29, 0.717) is 0 Å². The Kier molecular flexibility index (Phi) is 5.24. The maximum Gasteiger partial charge on any atom is 0.00928 e. The molecule has 1 aliphatic carbocycles. The van der Waals surface area contributed by atoms with Crippen LogP contribution in [0.5, 0.6) is 0 Å². The van der Waals surface area contributed by atoms with Crippen molar-refractivity contribution in [3.05, 3.63) is 12.7 Å². The van der Waals surface area contributed by atoms with E-state index in [2.05, 4.69) is 25.7 Å². The predicted octanol–water partition coefficient (Wildman–Crippen LogP) is 3.37. The van der Waals surface area contributed by atoms with Gasteiger partial charge in [-0.2, -0.15) is 0 Å². The molecule has 1 heteroatoms. The molecule has 0 saturated heterocycles. The van der Waals surface area contributed by atoms with Crippen molar-refractivity contribution in [3.8, 4) is 0 Å². The summed E-state index contributed by atoms with van der Waals surface area (Å²) in [7, 11) is 0. The lowest BCUT2D eigenvalue weighted by Crippen LogP contribution is -2.39. The zero-order valence-electron chi connectivity index (χ0n) is 9.76. The molecule has 1 rings (SSSR count). The Morgan fingerprint density at radius 3 is 2.79 bits per heavy atom. The molecule has 1 saturated carbocycles. The first-order valence-corrected chi connectivity index (χ1v) is 6.08. The fourth-order valence-electron chi connectivity index (χ4n) is 2.50. The van der Waals surface area contributed by atoms with Crippen molar-refractivity contribution in [3.63, 3.8) is 0 Å². The maximum atomic E-state index is 3.74. The largest absolute Gasteiger partial charge is 0.314 e. The van der Waals surface area contributed by atoms with Gasteiger partial charge in [-0.05, 0) is 50.5 Å². The minimum absolute atomic E-state index is 0.774. The van der Waals surface area contributed by atoms with Crippen LogP contribution in [-0.2, 0) is 0 Å². The lowest BCUT2D eigenvalue weighted by atomic mass is 9.80. The topological polar surface area (TPSA) is 12.0 Å². The second-order valence-electron chi connectivity index (χ2n) is 4.89. The van der Waals surface area contributed by atoms with Crippen molar-refractivity contribution in [1.82, 2.24) is 5.32 Å². The molecular formula is C13H25N. The Bertz CT molecular complexity index is 165. The molecule has 14 heavy (non-hydrogen) atoms. The molecule has 1 nitrogen and oxygen atoms in total. The molecular weight excluding hydrogens is 170 g/mol. The summed E-state index contributed by atoms with van der Waals surface area (Å²) >= 11 is 0. The van der Waals surface area contributed by atoms with Gasteiger partial charge in [-0.15, -0.1) is 6.58 Å². The highest BCUT2D eigenvalue weighted by atomic mass is 14.9. The highest BCUT2D eigenvalue weighted by molar-refractivity contribution is 4.81. The average molecular weight is 195 g/mol. The zero-order valence-corrected chi connectivity index (χ0v) is 9.76. The van der Waals surface area contributed by atoms with Crippen LogP contribution in [-0.4, -0.2) is 12.6 Å². The highest BCUT2D eigenvalue weighted by Gasteiger charge is 2.24. The molecule has 1 N–H and O–H groups in total. The molecule has 82 valence electrons. The number of nitrogens with one attached hydrogen (secondary N) is 1. The molecule has 3 atom stereocenters. The van der Waals surface area contributed by atoms with Gasteiger partial charge in [0.1, 0.15) is 0 Å². The van der Waals surface area contributed by atoms with Crippen LogP contribution in [0, 0.1) is 11.8 Å². The normalized spacial score (nSPS) is 32.9. The third kappa shape index (κ3) is 3.83. The molecule has 0 amide bonds. The fourth-order valence-corrected chi connectivity index (χ4v) is 2.50. The standard InChI is InChI=1S/C13H25N/c1-4-5-6-9-14-13-8-7-11(2)10-12(13)3/h4,11-14H,1,5-10H2,2-3H3. The maximum absolute atomic E-state index is 3.74. The molecule has 1 aliphatic rings. The summed E-state index contributed by atoms with van der Waals surface area (Å²) in [6, 6.07) is 0.774. The molecule has 0 bridgehead atoms. The van der Waals surface area contributed by atoms with Crippen molar-refractivity contribution in [1.29, 1.82) is 0 Å². The summed E-state index contributed by atoms with van der Waals surface area (Å²) in [6.45, 7) is 9.67. The van der Waals surface area contributed by atoms with Crippen molar-refractivity contribution >= 4 is 0 Å². The second kappa shape index (κ2) is 6.23. The van der Waals surface area contributed by atoms with Crippen LogP contribution in [0.3, 0.4) is 0 Å². The summed E-state index contributed by atoms with van der Waals surface area (Å²) in [5.41, 5.74) is 0. The minimum atomic E-state index is 0.774. The summed E-state index contributed by atoms with van der Waals surface area (Å²) < 4.78 is 0. The van der Waals surface area contributed by atoms with E-state index in [1.165, 1.54) is 25.7 Å². The SMILES string of the molecule is C=CCCCNC1CCC(C)CC1C. The quantitative estimate of drug-likeness (QED) is 0.524. The highest BCUT2D eigenvalue weighted by Crippen LogP contribution is 2.28. The monoisotopic (exact) mass is 195 g/mol. The van der Waals surface area contributed by atoms with Gasteiger partial charge in [0, 0.05) is 6.04 Å². The number of hydrogen-bond donors (Lipinski definition) is 1. The first kappa shape index (κ1) is 11.8. The van der Waals surface area contributed by atoms with Crippen LogP contribution < -0.4 is 5.32 Å². The van der Waals surface area contributed by atoms with Gasteiger partial charge in [-0.3, -0.25) is 0 Å². The molecule has 0 aromatic rings. The molecule has 3 unspecified atom stereocenters. The third-order valence-electron chi connectivity index (χ3n) is 3.42. The van der Waals surface area contributed by atoms with Crippen LogP contribution >= 0.6 is 0 Å². The van der Waals surface area contributed by atoms with Gasteiger partial charge in [0.2, 0.25) is 0 Å². The Morgan fingerprint density at radius 1 is 1.36 bits per heavy atom. The van der Waals surface area contributed by atoms with E-state index >= 15 is 0 Å². The molecule has 0 aromatic carbocycles. The van der Waals surface area contributed by atoms with E-state index in [-0.39, 0.29) is 0 Å². The average Bonchev–Trinajstić information content (AvgIpc) is 2.15. The fraction of sp³-hybridized carbons (Fsp3) is 0.846. The summed E-state index contributed by atoms with van der Waals surface area (Å²) in [4.78, 5) is 0. The van der Waals surface area contributed by atoms with Gasteiger partial charge < -0.3 is 5.32 Å². The van der Waals surface area contributed by atoms with Crippen molar-refractivity contribution in [2.75, 3.05) is 6.54 Å². The molecule has 0 heterocycles. The smallest absolute Gasteiger partial charge is 0.00928 e. The third-order valence-corrected chi connectivity index (χ3v) is 3.42. The van der Waals surface area contributed by atoms with Gasteiger partial charge >= 0.3 is 0 Å². The van der Waals surface area contributed by atoms with Crippen molar-refractivity contribution in [2.24, 2.45) is 11.8 Å².